The summed E-state index contributed by atoms with van der Waals surface area (Å²) in [6.07, 6.45) is 6.07. The fourth-order valence-electron chi connectivity index (χ4n) is 2.03. The average molecular weight is 343 g/mol. The Labute approximate surface area is 145 Å². The van der Waals surface area contributed by atoms with Crippen LogP contribution in [0.15, 0.2) is 59.4 Å². The first-order chi connectivity index (χ1) is 11.6. The van der Waals surface area contributed by atoms with E-state index >= 15 is 0 Å². The first-order valence-corrected chi connectivity index (χ1v) is 7.64. The van der Waals surface area contributed by atoms with Crippen LogP contribution in [0.1, 0.15) is 12.5 Å². The van der Waals surface area contributed by atoms with Crippen molar-refractivity contribution in [1.29, 1.82) is 0 Å². The second-order valence-corrected chi connectivity index (χ2v) is 5.18. The molecule has 0 aromatic heterocycles. The van der Waals surface area contributed by atoms with Crippen LogP contribution < -0.4 is 0 Å². The van der Waals surface area contributed by atoms with E-state index in [0.717, 1.165) is 11.6 Å². The molecule has 1 aromatic rings. The van der Waals surface area contributed by atoms with Crippen LogP contribution in [0.25, 0.3) is 0 Å². The molecular weight excluding hydrogens is 326 g/mol. The molecule has 7 heteroatoms. The van der Waals surface area contributed by atoms with Gasteiger partial charge in [0.2, 0.25) is 5.11 Å². The maximum Gasteiger partial charge on any atom is 0.332 e. The number of thiocarbonyl (C=S) groups is 1. The van der Waals surface area contributed by atoms with Crippen LogP contribution in [0.3, 0.4) is 0 Å². The van der Waals surface area contributed by atoms with Gasteiger partial charge in [0, 0.05) is 6.21 Å². The lowest BCUT2D eigenvalue weighted by atomic mass is 10.2. The van der Waals surface area contributed by atoms with Crippen LogP contribution in [-0.4, -0.2) is 40.2 Å². The molecule has 0 saturated carbocycles. The van der Waals surface area contributed by atoms with E-state index in [0.29, 0.717) is 6.54 Å². The maximum absolute atomic E-state index is 12.6. The Hall–Kier alpha value is -2.80. The minimum absolute atomic E-state index is 0.0588. The smallest absolute Gasteiger partial charge is 0.332 e. The van der Waals surface area contributed by atoms with Crippen LogP contribution in [0.4, 0.5) is 0 Å². The lowest BCUT2D eigenvalue weighted by molar-refractivity contribution is -0.135. The molecule has 0 N–H and O–H groups in total. The second kappa shape index (κ2) is 8.16. The highest BCUT2D eigenvalue weighted by Gasteiger charge is 2.38. The Kier molecular flexibility index (Phi) is 5.97. The zero-order valence-corrected chi connectivity index (χ0v) is 14.2. The number of hydrogen-bond donors (Lipinski definition) is 0. The Morgan fingerprint density at radius 2 is 2.04 bits per heavy atom. The van der Waals surface area contributed by atoms with Crippen molar-refractivity contribution in [2.24, 2.45) is 5.10 Å². The molecule has 24 heavy (non-hydrogen) atoms. The predicted molar refractivity (Wildman–Crippen MR) is 94.8 cm³/mol. The van der Waals surface area contributed by atoms with Gasteiger partial charge in [-0.25, -0.2) is 9.80 Å². The molecule has 0 spiro atoms. The molecule has 124 valence electrons. The lowest BCUT2D eigenvalue weighted by Gasteiger charge is -2.16. The number of methoxy groups -OCH3 is 1. The monoisotopic (exact) mass is 343 g/mol. The van der Waals surface area contributed by atoms with Gasteiger partial charge in [0.15, 0.2) is 0 Å². The number of carbonyl (C=O) groups excluding carboxylic acids is 2. The van der Waals surface area contributed by atoms with Gasteiger partial charge < -0.3 is 4.74 Å². The molecule has 1 heterocycles. The third kappa shape index (κ3) is 3.94. The number of hydrogen-bond acceptors (Lipinski definition) is 5. The van der Waals surface area contributed by atoms with E-state index in [4.69, 9.17) is 12.2 Å². The first kappa shape index (κ1) is 17.6. The molecule has 1 aliphatic heterocycles. The van der Waals surface area contributed by atoms with Gasteiger partial charge in [-0.3, -0.25) is 9.69 Å². The van der Waals surface area contributed by atoms with E-state index in [1.165, 1.54) is 23.2 Å². The molecular formula is C17H17N3O3S. The minimum Gasteiger partial charge on any atom is -0.466 e. The number of rotatable bonds is 5. The molecule has 2 rings (SSSR count). The summed E-state index contributed by atoms with van der Waals surface area (Å²) in [6, 6.07) is 9.44. The summed E-state index contributed by atoms with van der Waals surface area (Å²) in [7, 11) is 1.24. The largest absolute Gasteiger partial charge is 0.466 e. The fraction of sp³-hybridized carbons (Fsp3) is 0.176. The number of ether oxygens (including phenoxy) is 1. The van der Waals surface area contributed by atoms with Crippen LogP contribution in [0.5, 0.6) is 0 Å². The third-order valence-electron chi connectivity index (χ3n) is 3.20. The van der Waals surface area contributed by atoms with Gasteiger partial charge in [0.1, 0.15) is 5.70 Å². The van der Waals surface area contributed by atoms with Crippen LogP contribution in [0, 0.1) is 0 Å². The van der Waals surface area contributed by atoms with Crippen molar-refractivity contribution in [1.82, 2.24) is 9.91 Å². The highest BCUT2D eigenvalue weighted by molar-refractivity contribution is 7.80. The van der Waals surface area contributed by atoms with Gasteiger partial charge in [-0.2, -0.15) is 5.10 Å². The summed E-state index contributed by atoms with van der Waals surface area (Å²) in [6.45, 7) is 2.14. The molecule has 1 fully saturated rings. The molecule has 0 atom stereocenters. The molecule has 1 aliphatic rings. The number of allylic oxidation sites excluding steroid dienone is 2. The van der Waals surface area contributed by atoms with Gasteiger partial charge in [-0.15, -0.1) is 0 Å². The first-order valence-electron chi connectivity index (χ1n) is 7.23. The van der Waals surface area contributed by atoms with Crippen molar-refractivity contribution in [3.63, 3.8) is 0 Å². The minimum atomic E-state index is -0.644. The quantitative estimate of drug-likeness (QED) is 0.355. The highest BCUT2D eigenvalue weighted by Crippen LogP contribution is 2.24. The number of esters is 1. The maximum atomic E-state index is 12.6. The summed E-state index contributed by atoms with van der Waals surface area (Å²) in [4.78, 5) is 25.6. The van der Waals surface area contributed by atoms with E-state index in [-0.39, 0.29) is 10.8 Å². The van der Waals surface area contributed by atoms with Gasteiger partial charge in [-0.05, 0) is 30.8 Å². The van der Waals surface area contributed by atoms with Crippen molar-refractivity contribution < 1.29 is 14.3 Å². The van der Waals surface area contributed by atoms with Crippen molar-refractivity contribution in [3.05, 3.63) is 59.8 Å². The number of carbonyl (C=O) groups is 2. The summed E-state index contributed by atoms with van der Waals surface area (Å²) < 4.78 is 4.60. The molecule has 6 nitrogen and oxygen atoms in total. The second-order valence-electron chi connectivity index (χ2n) is 4.81. The number of hydrazone groups is 1. The van der Waals surface area contributed by atoms with E-state index in [2.05, 4.69) is 9.84 Å². The summed E-state index contributed by atoms with van der Waals surface area (Å²) in [5, 5.41) is 5.62. The third-order valence-corrected chi connectivity index (χ3v) is 3.60. The lowest BCUT2D eigenvalue weighted by Crippen LogP contribution is -2.30. The Balaban J connectivity index is 2.34. The summed E-state index contributed by atoms with van der Waals surface area (Å²) >= 11 is 5.35. The zero-order chi connectivity index (χ0) is 17.5. The molecule has 0 aliphatic carbocycles. The fourth-order valence-corrected chi connectivity index (χ4v) is 2.33. The highest BCUT2D eigenvalue weighted by atomic mass is 32.1. The molecule has 0 radical (unpaired) electrons. The standard InChI is InChI=1S/C17H17N3O3S/c1-3-4-10-18-20-14(11-15(21)23-2)16(22)19(17(20)24)12-13-8-6-5-7-9-13/h3-11H,12H2,1-2H3/b4-3+,14-11+,18-10+. The van der Waals surface area contributed by atoms with Gasteiger partial charge >= 0.3 is 5.97 Å². The van der Waals surface area contributed by atoms with E-state index in [1.54, 1.807) is 12.2 Å². The van der Waals surface area contributed by atoms with Crippen molar-refractivity contribution in [2.45, 2.75) is 13.5 Å². The SMILES string of the molecule is C/C=C/C=N/N1C(=S)N(Cc2ccccc2)C(=O)/C1=C\C(=O)OC. The number of amides is 1. The molecule has 0 unspecified atom stereocenters. The molecule has 1 aromatic carbocycles. The zero-order valence-electron chi connectivity index (χ0n) is 13.4. The summed E-state index contributed by atoms with van der Waals surface area (Å²) in [5.41, 5.74) is 0.980. The van der Waals surface area contributed by atoms with Crippen LogP contribution >= 0.6 is 12.2 Å². The van der Waals surface area contributed by atoms with E-state index in [1.807, 2.05) is 37.3 Å². The van der Waals surface area contributed by atoms with E-state index in [9.17, 15) is 9.59 Å². The van der Waals surface area contributed by atoms with Crippen LogP contribution in [0.2, 0.25) is 0 Å². The average Bonchev–Trinajstić information content (AvgIpc) is 2.81. The number of nitrogens with zero attached hydrogens (tertiary/aromatic N) is 3. The molecule has 1 amide bonds. The number of benzene rings is 1. The van der Waals surface area contributed by atoms with Crippen LogP contribution in [-0.2, 0) is 20.9 Å². The van der Waals surface area contributed by atoms with Gasteiger partial charge in [-0.1, -0.05) is 36.4 Å². The van der Waals surface area contributed by atoms with Crippen molar-refractivity contribution in [3.8, 4) is 0 Å². The molecule has 1 saturated heterocycles. The Morgan fingerprint density at radius 1 is 1.33 bits per heavy atom. The van der Waals surface area contributed by atoms with E-state index < -0.39 is 11.9 Å². The van der Waals surface area contributed by atoms with Gasteiger partial charge in [0.25, 0.3) is 5.91 Å². The summed E-state index contributed by atoms with van der Waals surface area (Å²) in [5.74, 6) is -1.04. The van der Waals surface area contributed by atoms with Crippen molar-refractivity contribution in [2.75, 3.05) is 7.11 Å². The molecule has 0 bridgehead atoms. The Bertz CT molecular complexity index is 726. The van der Waals surface area contributed by atoms with Crippen molar-refractivity contribution >= 4 is 35.4 Å². The topological polar surface area (TPSA) is 62.2 Å². The normalized spacial score (nSPS) is 16.8. The Morgan fingerprint density at radius 3 is 2.67 bits per heavy atom. The van der Waals surface area contributed by atoms with Gasteiger partial charge in [0.05, 0.1) is 19.7 Å². The predicted octanol–water partition coefficient (Wildman–Crippen LogP) is 2.23.